The molecule has 0 aromatic heterocycles. The quantitative estimate of drug-likeness (QED) is 0.593. The minimum Gasteiger partial charge on any atom is -1.00 e. The van der Waals surface area contributed by atoms with Crippen LogP contribution in [0.4, 0.5) is 5.69 Å². The molecule has 0 bridgehead atoms. The van der Waals surface area contributed by atoms with Crippen LogP contribution in [0.15, 0.2) is 36.4 Å². The second-order valence-corrected chi connectivity index (χ2v) is 4.72. The van der Waals surface area contributed by atoms with Crippen LogP contribution in [0.1, 0.15) is 19.4 Å². The maximum absolute atomic E-state index is 3.36. The van der Waals surface area contributed by atoms with Crippen LogP contribution in [0, 0.1) is 0 Å². The number of hydrogen-bond donors (Lipinski definition) is 1. The summed E-state index contributed by atoms with van der Waals surface area (Å²) in [4.78, 5) is 3.36. The van der Waals surface area contributed by atoms with Crippen LogP contribution in [0.5, 0.6) is 0 Å². The lowest BCUT2D eigenvalue weighted by Crippen LogP contribution is -3.00. The van der Waals surface area contributed by atoms with Crippen molar-refractivity contribution in [1.82, 2.24) is 0 Å². The molecule has 0 aliphatic carbocycles. The van der Waals surface area contributed by atoms with E-state index in [2.05, 4.69) is 61.5 Å². The van der Waals surface area contributed by atoms with Gasteiger partial charge in [-0.1, -0.05) is 24.3 Å². The Balaban J connectivity index is 0.000000963. The Bertz CT molecular complexity index is 570. The number of fused-ring (bicyclic) bond motifs is 3. The first kappa shape index (κ1) is 11.6. The van der Waals surface area contributed by atoms with Crippen molar-refractivity contribution in [3.05, 3.63) is 42.0 Å². The van der Waals surface area contributed by atoms with E-state index in [1.807, 2.05) is 0 Å². The van der Waals surface area contributed by atoms with Gasteiger partial charge in [0.2, 0.25) is 5.69 Å². The Labute approximate surface area is 113 Å². The smallest absolute Gasteiger partial charge is 0.208 e. The number of nitrogens with one attached hydrogen (secondary N) is 1. The molecule has 0 fully saturated rings. The van der Waals surface area contributed by atoms with Crippen LogP contribution in [0.3, 0.4) is 0 Å². The van der Waals surface area contributed by atoms with Crippen molar-refractivity contribution in [2.45, 2.75) is 19.3 Å². The van der Waals surface area contributed by atoms with Crippen LogP contribution < -0.4 is 29.0 Å². The van der Waals surface area contributed by atoms with E-state index in [1.54, 1.807) is 0 Å². The molecule has 3 rings (SSSR count). The molecule has 1 aliphatic heterocycles. The average Bonchev–Trinajstić information content (AvgIpc) is 2.55. The summed E-state index contributed by atoms with van der Waals surface area (Å²) in [6.07, 6.45) is 2.17. The minimum absolute atomic E-state index is 0. The Kier molecular flexibility index (Phi) is 2.78. The molecular formula is C14H14IN. The standard InChI is InChI=1S/C14H13N.HI/c1-14(2)9-15-12-8-7-10-5-3-4-6-11(10)13(12)14;/h3-9H,1-2H3;1H. The second-order valence-electron chi connectivity index (χ2n) is 4.72. The summed E-state index contributed by atoms with van der Waals surface area (Å²) >= 11 is 0. The highest BCUT2D eigenvalue weighted by Gasteiger charge is 2.33. The van der Waals surface area contributed by atoms with Crippen LogP contribution in [0.25, 0.3) is 10.8 Å². The summed E-state index contributed by atoms with van der Waals surface area (Å²) in [5, 5.41) is 2.68. The molecule has 1 heterocycles. The van der Waals surface area contributed by atoms with Crippen molar-refractivity contribution in [1.29, 1.82) is 0 Å². The summed E-state index contributed by atoms with van der Waals surface area (Å²) in [5.41, 5.74) is 2.79. The van der Waals surface area contributed by atoms with E-state index in [0.717, 1.165) is 0 Å². The van der Waals surface area contributed by atoms with E-state index >= 15 is 0 Å². The van der Waals surface area contributed by atoms with Gasteiger partial charge >= 0.3 is 0 Å². The molecule has 0 atom stereocenters. The van der Waals surface area contributed by atoms with E-state index in [1.165, 1.54) is 22.0 Å². The molecule has 0 saturated heterocycles. The maximum atomic E-state index is 3.36. The SMILES string of the molecule is CC1(C)C=[NH+]c2ccc3ccccc3c21.[I-]. The molecule has 2 heteroatoms. The lowest BCUT2D eigenvalue weighted by molar-refractivity contribution is -0.344. The van der Waals surface area contributed by atoms with Gasteiger partial charge in [0.05, 0.1) is 5.41 Å². The monoisotopic (exact) mass is 323 g/mol. The van der Waals surface area contributed by atoms with Gasteiger partial charge < -0.3 is 24.0 Å². The summed E-state index contributed by atoms with van der Waals surface area (Å²) in [5.74, 6) is 0. The molecule has 2 aromatic rings. The highest BCUT2D eigenvalue weighted by molar-refractivity contribution is 5.94. The normalized spacial score (nSPS) is 15.9. The highest BCUT2D eigenvalue weighted by Crippen LogP contribution is 2.34. The van der Waals surface area contributed by atoms with Crippen molar-refractivity contribution in [2.24, 2.45) is 0 Å². The fraction of sp³-hybridized carbons (Fsp3) is 0.214. The third kappa shape index (κ3) is 1.56. The van der Waals surface area contributed by atoms with E-state index in [9.17, 15) is 0 Å². The van der Waals surface area contributed by atoms with Gasteiger partial charge in [-0.2, -0.15) is 0 Å². The lowest BCUT2D eigenvalue weighted by Gasteiger charge is -2.13. The number of halogens is 1. The third-order valence-corrected chi connectivity index (χ3v) is 3.16. The van der Waals surface area contributed by atoms with Gasteiger partial charge in [0.15, 0.2) is 6.21 Å². The zero-order chi connectivity index (χ0) is 10.5. The minimum atomic E-state index is 0. The number of rotatable bonds is 0. The molecular weight excluding hydrogens is 309 g/mol. The van der Waals surface area contributed by atoms with Crippen molar-refractivity contribution in [3.63, 3.8) is 0 Å². The van der Waals surface area contributed by atoms with Gasteiger partial charge in [-0.3, -0.25) is 0 Å². The largest absolute Gasteiger partial charge is 1.00 e. The first-order valence-corrected chi connectivity index (χ1v) is 5.32. The molecule has 0 unspecified atom stereocenters. The number of hydrogen-bond acceptors (Lipinski definition) is 0. The van der Waals surface area contributed by atoms with Gasteiger partial charge in [0, 0.05) is 11.6 Å². The van der Waals surface area contributed by atoms with Gasteiger partial charge in [-0.15, -0.1) is 0 Å². The van der Waals surface area contributed by atoms with E-state index < -0.39 is 0 Å². The van der Waals surface area contributed by atoms with E-state index in [4.69, 9.17) is 0 Å². The Morgan fingerprint density at radius 2 is 1.75 bits per heavy atom. The predicted molar refractivity (Wildman–Crippen MR) is 63.7 cm³/mol. The zero-order valence-electron chi connectivity index (χ0n) is 9.42. The number of benzene rings is 2. The fourth-order valence-electron chi connectivity index (χ4n) is 2.42. The van der Waals surface area contributed by atoms with Gasteiger partial charge in [0.1, 0.15) is 0 Å². The molecule has 0 amide bonds. The second kappa shape index (κ2) is 3.84. The maximum Gasteiger partial charge on any atom is 0.208 e. The van der Waals surface area contributed by atoms with E-state index in [0.29, 0.717) is 0 Å². The molecule has 1 aliphatic rings. The summed E-state index contributed by atoms with van der Waals surface area (Å²) in [6.45, 7) is 4.50. The highest BCUT2D eigenvalue weighted by atomic mass is 127. The molecule has 2 aromatic carbocycles. The van der Waals surface area contributed by atoms with E-state index in [-0.39, 0.29) is 29.4 Å². The van der Waals surface area contributed by atoms with Gasteiger partial charge in [-0.25, -0.2) is 4.99 Å². The molecule has 16 heavy (non-hydrogen) atoms. The Morgan fingerprint density at radius 1 is 1.00 bits per heavy atom. The van der Waals surface area contributed by atoms with Crippen LogP contribution >= 0.6 is 0 Å². The molecule has 0 spiro atoms. The first-order valence-electron chi connectivity index (χ1n) is 5.32. The van der Waals surface area contributed by atoms with Crippen molar-refractivity contribution in [2.75, 3.05) is 0 Å². The molecule has 0 saturated carbocycles. The van der Waals surface area contributed by atoms with Crippen molar-refractivity contribution in [3.8, 4) is 0 Å². The Morgan fingerprint density at radius 3 is 2.56 bits per heavy atom. The predicted octanol–water partition coefficient (Wildman–Crippen LogP) is -1.08. The van der Waals surface area contributed by atoms with Crippen molar-refractivity contribution < 1.29 is 29.0 Å². The van der Waals surface area contributed by atoms with Crippen LogP contribution in [-0.2, 0) is 5.41 Å². The summed E-state index contributed by atoms with van der Waals surface area (Å²) < 4.78 is 0. The zero-order valence-corrected chi connectivity index (χ0v) is 11.6. The van der Waals surface area contributed by atoms with Gasteiger partial charge in [-0.05, 0) is 30.7 Å². The third-order valence-electron chi connectivity index (χ3n) is 3.16. The topological polar surface area (TPSA) is 14.0 Å². The molecule has 1 nitrogen and oxygen atoms in total. The van der Waals surface area contributed by atoms with Crippen LogP contribution in [-0.4, -0.2) is 6.21 Å². The first-order chi connectivity index (χ1) is 7.18. The summed E-state index contributed by atoms with van der Waals surface area (Å²) in [7, 11) is 0. The van der Waals surface area contributed by atoms with Gasteiger partial charge in [0.25, 0.3) is 0 Å². The fourth-order valence-corrected chi connectivity index (χ4v) is 2.42. The molecule has 1 N–H and O–H groups in total. The summed E-state index contributed by atoms with van der Waals surface area (Å²) in [6, 6.07) is 12.9. The lowest BCUT2D eigenvalue weighted by atomic mass is 9.84. The average molecular weight is 323 g/mol. The van der Waals surface area contributed by atoms with Crippen molar-refractivity contribution >= 4 is 22.7 Å². The molecule has 82 valence electrons. The van der Waals surface area contributed by atoms with Crippen LogP contribution in [0.2, 0.25) is 0 Å². The Hall–Kier alpha value is -0.900. The molecule has 0 radical (unpaired) electrons.